The zero-order valence-corrected chi connectivity index (χ0v) is 13.0. The minimum absolute atomic E-state index is 0.213. The van der Waals surface area contributed by atoms with Crippen LogP contribution >= 0.6 is 23.1 Å². The van der Waals surface area contributed by atoms with Gasteiger partial charge in [0.1, 0.15) is 5.37 Å². The van der Waals surface area contributed by atoms with Crippen LogP contribution in [0.1, 0.15) is 20.7 Å². The summed E-state index contributed by atoms with van der Waals surface area (Å²) in [5, 5.41) is 0.213. The fourth-order valence-corrected chi connectivity index (χ4v) is 4.81. The zero-order chi connectivity index (χ0) is 13.9. The molecule has 0 saturated carbocycles. The van der Waals surface area contributed by atoms with Gasteiger partial charge in [0.25, 0.3) is 0 Å². The van der Waals surface area contributed by atoms with Crippen LogP contribution in [0.5, 0.6) is 0 Å². The fraction of sp³-hybridized carbons (Fsp3) is 0.312. The third-order valence-electron chi connectivity index (χ3n) is 3.41. The van der Waals surface area contributed by atoms with Gasteiger partial charge >= 0.3 is 0 Å². The van der Waals surface area contributed by atoms with Crippen molar-refractivity contribution in [2.45, 2.75) is 18.7 Å². The van der Waals surface area contributed by atoms with Crippen LogP contribution in [0.2, 0.25) is 0 Å². The van der Waals surface area contributed by atoms with Gasteiger partial charge in [-0.05, 0) is 24.6 Å². The van der Waals surface area contributed by atoms with E-state index in [4.69, 9.17) is 0 Å². The van der Waals surface area contributed by atoms with Crippen LogP contribution in [0.25, 0.3) is 0 Å². The number of amides is 1. The predicted molar refractivity (Wildman–Crippen MR) is 86.1 cm³/mol. The van der Waals surface area contributed by atoms with Crippen LogP contribution in [0.15, 0.2) is 42.5 Å². The van der Waals surface area contributed by atoms with E-state index in [2.05, 4.69) is 19.1 Å². The highest BCUT2D eigenvalue weighted by Crippen LogP contribution is 2.41. The van der Waals surface area contributed by atoms with Crippen LogP contribution in [0.4, 0.5) is 0 Å². The van der Waals surface area contributed by atoms with Gasteiger partial charge in [-0.3, -0.25) is 4.79 Å². The second kappa shape index (κ2) is 6.02. The minimum Gasteiger partial charge on any atom is -0.325 e. The number of aryl methyl sites for hydroxylation is 1. The van der Waals surface area contributed by atoms with E-state index < -0.39 is 0 Å². The molecule has 104 valence electrons. The topological polar surface area (TPSA) is 20.3 Å². The SMILES string of the molecule is Cc1ccc(C2SCCN2C(=O)Cc2ccccc2)s1. The average molecular weight is 303 g/mol. The molecule has 1 aliphatic heterocycles. The van der Waals surface area contributed by atoms with Crippen LogP contribution in [-0.2, 0) is 11.2 Å². The molecule has 0 radical (unpaired) electrons. The molecule has 0 N–H and O–H groups in total. The number of carbonyl (C=O) groups excluding carboxylic acids is 1. The molecular formula is C16H17NOS2. The van der Waals surface area contributed by atoms with Crippen molar-refractivity contribution in [2.24, 2.45) is 0 Å². The average Bonchev–Trinajstić information content (AvgIpc) is 3.08. The van der Waals surface area contributed by atoms with E-state index in [1.165, 1.54) is 9.75 Å². The summed E-state index contributed by atoms with van der Waals surface area (Å²) >= 11 is 3.67. The Morgan fingerprint density at radius 1 is 1.25 bits per heavy atom. The molecule has 0 bridgehead atoms. The van der Waals surface area contributed by atoms with Crippen molar-refractivity contribution in [1.29, 1.82) is 0 Å². The summed E-state index contributed by atoms with van der Waals surface area (Å²) in [6, 6.07) is 14.3. The quantitative estimate of drug-likeness (QED) is 0.858. The van der Waals surface area contributed by atoms with Crippen molar-refractivity contribution >= 4 is 29.0 Å². The van der Waals surface area contributed by atoms with Gasteiger partial charge in [-0.25, -0.2) is 0 Å². The minimum atomic E-state index is 0.213. The summed E-state index contributed by atoms with van der Waals surface area (Å²) in [5.41, 5.74) is 1.09. The molecule has 2 heterocycles. The molecule has 1 aliphatic rings. The Bertz CT molecular complexity index is 594. The Hall–Kier alpha value is -1.26. The molecule has 20 heavy (non-hydrogen) atoms. The van der Waals surface area contributed by atoms with E-state index in [1.807, 2.05) is 47.0 Å². The molecule has 2 aromatic rings. The highest BCUT2D eigenvalue weighted by molar-refractivity contribution is 7.99. The Kier molecular flexibility index (Phi) is 4.13. The largest absolute Gasteiger partial charge is 0.325 e. The van der Waals surface area contributed by atoms with E-state index in [-0.39, 0.29) is 11.3 Å². The molecule has 1 atom stereocenters. The van der Waals surface area contributed by atoms with E-state index in [9.17, 15) is 4.79 Å². The van der Waals surface area contributed by atoms with Gasteiger partial charge in [0.05, 0.1) is 6.42 Å². The van der Waals surface area contributed by atoms with Crippen molar-refractivity contribution in [3.8, 4) is 0 Å². The lowest BCUT2D eigenvalue weighted by atomic mass is 10.1. The number of rotatable bonds is 3. The van der Waals surface area contributed by atoms with Crippen molar-refractivity contribution < 1.29 is 4.79 Å². The first-order chi connectivity index (χ1) is 9.74. The van der Waals surface area contributed by atoms with Crippen molar-refractivity contribution in [2.75, 3.05) is 12.3 Å². The van der Waals surface area contributed by atoms with Gasteiger partial charge in [0, 0.05) is 22.1 Å². The highest BCUT2D eigenvalue weighted by atomic mass is 32.2. The number of benzene rings is 1. The Balaban J connectivity index is 1.73. The zero-order valence-electron chi connectivity index (χ0n) is 11.4. The summed E-state index contributed by atoms with van der Waals surface area (Å²) in [4.78, 5) is 17.2. The third kappa shape index (κ3) is 2.91. The lowest BCUT2D eigenvalue weighted by Crippen LogP contribution is -2.31. The molecule has 4 heteroatoms. The highest BCUT2D eigenvalue weighted by Gasteiger charge is 2.31. The number of carbonyl (C=O) groups is 1. The predicted octanol–water partition coefficient (Wildman–Crippen LogP) is 3.87. The van der Waals surface area contributed by atoms with Crippen molar-refractivity contribution in [1.82, 2.24) is 4.90 Å². The van der Waals surface area contributed by atoms with Crippen LogP contribution in [0, 0.1) is 6.92 Å². The van der Waals surface area contributed by atoms with Crippen molar-refractivity contribution in [3.63, 3.8) is 0 Å². The number of thioether (sulfide) groups is 1. The van der Waals surface area contributed by atoms with Gasteiger partial charge in [0.2, 0.25) is 5.91 Å². The van der Waals surface area contributed by atoms with Gasteiger partial charge in [-0.1, -0.05) is 30.3 Å². The van der Waals surface area contributed by atoms with E-state index in [0.29, 0.717) is 6.42 Å². The fourth-order valence-electron chi connectivity index (χ4n) is 2.42. The van der Waals surface area contributed by atoms with E-state index in [0.717, 1.165) is 17.9 Å². The Morgan fingerprint density at radius 2 is 2.05 bits per heavy atom. The first kappa shape index (κ1) is 13.7. The lowest BCUT2D eigenvalue weighted by molar-refractivity contribution is -0.130. The van der Waals surface area contributed by atoms with Gasteiger partial charge in [-0.2, -0.15) is 0 Å². The maximum Gasteiger partial charge on any atom is 0.228 e. The third-order valence-corrected chi connectivity index (χ3v) is 5.86. The molecule has 3 rings (SSSR count). The first-order valence-corrected chi connectivity index (χ1v) is 8.62. The molecule has 1 unspecified atom stereocenters. The number of hydrogen-bond donors (Lipinski definition) is 0. The molecule has 1 aromatic carbocycles. The molecule has 1 fully saturated rings. The molecule has 0 spiro atoms. The second-order valence-corrected chi connectivity index (χ2v) is 7.43. The maximum absolute atomic E-state index is 12.5. The van der Waals surface area contributed by atoms with Gasteiger partial charge in [0.15, 0.2) is 0 Å². The number of thiophene rings is 1. The van der Waals surface area contributed by atoms with E-state index >= 15 is 0 Å². The number of hydrogen-bond acceptors (Lipinski definition) is 3. The first-order valence-electron chi connectivity index (χ1n) is 6.75. The van der Waals surface area contributed by atoms with E-state index in [1.54, 1.807) is 11.3 Å². The number of nitrogens with zero attached hydrogens (tertiary/aromatic N) is 1. The lowest BCUT2D eigenvalue weighted by Gasteiger charge is -2.23. The second-order valence-electron chi connectivity index (χ2n) is 4.92. The molecule has 1 amide bonds. The smallest absolute Gasteiger partial charge is 0.228 e. The molecule has 1 saturated heterocycles. The summed E-state index contributed by atoms with van der Waals surface area (Å²) in [6.45, 7) is 2.97. The molecule has 2 nitrogen and oxygen atoms in total. The van der Waals surface area contributed by atoms with Crippen molar-refractivity contribution in [3.05, 3.63) is 57.8 Å². The van der Waals surface area contributed by atoms with Crippen LogP contribution in [-0.4, -0.2) is 23.1 Å². The molecular weight excluding hydrogens is 286 g/mol. The monoisotopic (exact) mass is 303 g/mol. The van der Waals surface area contributed by atoms with Gasteiger partial charge < -0.3 is 4.90 Å². The Labute approximate surface area is 127 Å². The summed E-state index contributed by atoms with van der Waals surface area (Å²) in [7, 11) is 0. The normalized spacial score (nSPS) is 18.4. The molecule has 0 aliphatic carbocycles. The summed E-state index contributed by atoms with van der Waals surface area (Å²) in [6.07, 6.45) is 0.502. The van der Waals surface area contributed by atoms with Gasteiger partial charge in [-0.15, -0.1) is 23.1 Å². The summed E-state index contributed by atoms with van der Waals surface area (Å²) < 4.78 is 0. The maximum atomic E-state index is 12.5. The van der Waals surface area contributed by atoms with Crippen LogP contribution < -0.4 is 0 Å². The van der Waals surface area contributed by atoms with Crippen LogP contribution in [0.3, 0.4) is 0 Å². The Morgan fingerprint density at radius 3 is 2.75 bits per heavy atom. The summed E-state index contributed by atoms with van der Waals surface area (Å²) in [5.74, 6) is 1.26. The molecule has 1 aromatic heterocycles. The standard InChI is InChI=1S/C16H17NOS2/c1-12-7-8-14(20-12)16-17(9-10-19-16)15(18)11-13-5-3-2-4-6-13/h2-8,16H,9-11H2,1H3.